The van der Waals surface area contributed by atoms with Crippen molar-refractivity contribution in [2.24, 2.45) is 5.92 Å². The maximum absolute atomic E-state index is 9.76. The van der Waals surface area contributed by atoms with Crippen molar-refractivity contribution >= 4 is 29.1 Å². The Labute approximate surface area is 215 Å². The van der Waals surface area contributed by atoms with Crippen molar-refractivity contribution < 1.29 is 9.90 Å². The summed E-state index contributed by atoms with van der Waals surface area (Å²) in [5.41, 5.74) is 10.7. The van der Waals surface area contributed by atoms with Gasteiger partial charge in [-0.15, -0.1) is 5.10 Å². The third-order valence-electron chi connectivity index (χ3n) is 6.62. The minimum Gasteiger partial charge on any atom is -0.481 e. The first kappa shape index (κ1) is 24.5. The van der Waals surface area contributed by atoms with E-state index in [-0.39, 0.29) is 11.9 Å². The van der Waals surface area contributed by atoms with Crippen molar-refractivity contribution in [2.45, 2.75) is 19.4 Å². The van der Waals surface area contributed by atoms with Crippen molar-refractivity contribution in [3.05, 3.63) is 66.4 Å². The molecule has 192 valence electrons. The summed E-state index contributed by atoms with van der Waals surface area (Å²) in [5.74, 6) is 0.714. The van der Waals surface area contributed by atoms with E-state index in [9.17, 15) is 4.79 Å². The Bertz CT molecular complexity index is 1340. The molecule has 0 atom stereocenters. The third-order valence-corrected chi connectivity index (χ3v) is 6.62. The number of nitrogens with zero attached hydrogens (tertiary/aromatic N) is 6. The number of piperazine rings is 1. The molecule has 1 aliphatic heterocycles. The van der Waals surface area contributed by atoms with Crippen molar-refractivity contribution in [1.82, 2.24) is 24.5 Å². The molecule has 2 fully saturated rings. The van der Waals surface area contributed by atoms with Gasteiger partial charge in [-0.05, 0) is 49.7 Å². The summed E-state index contributed by atoms with van der Waals surface area (Å²) in [6.45, 7) is 4.94. The van der Waals surface area contributed by atoms with Crippen molar-refractivity contribution in [1.29, 1.82) is 0 Å². The zero-order valence-electron chi connectivity index (χ0n) is 20.9. The Hall–Kier alpha value is -4.18. The summed E-state index contributed by atoms with van der Waals surface area (Å²) in [6.07, 6.45) is 3.71. The molecule has 6 rings (SSSR count). The first-order valence-corrected chi connectivity index (χ1v) is 12.5. The molecule has 37 heavy (non-hydrogen) atoms. The molecule has 3 aromatic heterocycles. The Morgan fingerprint density at radius 1 is 1.05 bits per heavy atom. The normalized spacial score (nSPS) is 15.8. The van der Waals surface area contributed by atoms with Gasteiger partial charge >= 0.3 is 5.97 Å². The number of fused-ring (bicyclic) bond motifs is 1. The highest BCUT2D eigenvalue weighted by Gasteiger charge is 2.28. The van der Waals surface area contributed by atoms with Gasteiger partial charge in [-0.25, -0.2) is 9.50 Å². The number of hydrogen-bond donors (Lipinski definition) is 3. The number of nitrogen functional groups attached to an aromatic ring is 1. The molecule has 1 saturated heterocycles. The van der Waals surface area contributed by atoms with Gasteiger partial charge in [-0.2, -0.15) is 4.98 Å². The number of nitrogens with one attached hydrogen (secondary N) is 1. The maximum atomic E-state index is 9.76. The average Bonchev–Trinajstić information content (AvgIpc) is 3.70. The Morgan fingerprint density at radius 3 is 2.43 bits per heavy atom. The van der Waals surface area contributed by atoms with Crippen LogP contribution in [-0.4, -0.2) is 68.8 Å². The van der Waals surface area contributed by atoms with Crippen LogP contribution in [0.3, 0.4) is 0 Å². The molecule has 1 saturated carbocycles. The fraction of sp³-hybridized carbons (Fsp3) is 0.333. The van der Waals surface area contributed by atoms with Gasteiger partial charge in [0.1, 0.15) is 5.82 Å². The summed E-state index contributed by atoms with van der Waals surface area (Å²) in [6, 6.07) is 18.5. The van der Waals surface area contributed by atoms with Gasteiger partial charge in [0.15, 0.2) is 5.65 Å². The molecule has 0 amide bonds. The van der Waals surface area contributed by atoms with Gasteiger partial charge in [0.25, 0.3) is 0 Å². The number of pyridine rings is 2. The summed E-state index contributed by atoms with van der Waals surface area (Å²) in [4.78, 5) is 23.3. The number of aliphatic carboxylic acids is 1. The number of rotatable bonds is 6. The average molecular weight is 501 g/mol. The minimum absolute atomic E-state index is 0.0185. The summed E-state index contributed by atoms with van der Waals surface area (Å²) in [7, 11) is 2.16. The number of carbonyl (C=O) groups is 1. The smallest absolute Gasteiger partial charge is 0.306 e. The Morgan fingerprint density at radius 2 is 1.81 bits per heavy atom. The van der Waals surface area contributed by atoms with Crippen LogP contribution in [0.2, 0.25) is 0 Å². The van der Waals surface area contributed by atoms with E-state index in [1.54, 1.807) is 4.52 Å². The third kappa shape index (κ3) is 6.15. The number of anilines is 3. The molecule has 4 heterocycles. The van der Waals surface area contributed by atoms with Crippen LogP contribution < -0.4 is 16.0 Å². The predicted octanol–water partition coefficient (Wildman–Crippen LogP) is 3.22. The molecule has 2 aliphatic rings. The summed E-state index contributed by atoms with van der Waals surface area (Å²) < 4.78 is 1.77. The number of nitrogens with two attached hydrogens (primary N) is 1. The lowest BCUT2D eigenvalue weighted by Crippen LogP contribution is -2.44. The molecule has 0 radical (unpaired) electrons. The van der Waals surface area contributed by atoms with Gasteiger partial charge in [0.05, 0.1) is 23.5 Å². The van der Waals surface area contributed by atoms with Crippen LogP contribution in [0.25, 0.3) is 16.9 Å². The van der Waals surface area contributed by atoms with E-state index >= 15 is 0 Å². The maximum Gasteiger partial charge on any atom is 0.306 e. The van der Waals surface area contributed by atoms with E-state index in [0.717, 1.165) is 74.0 Å². The Kier molecular flexibility index (Phi) is 7.18. The highest BCUT2D eigenvalue weighted by molar-refractivity contribution is 5.72. The van der Waals surface area contributed by atoms with Gasteiger partial charge in [-0.3, -0.25) is 4.79 Å². The van der Waals surface area contributed by atoms with Gasteiger partial charge in [0.2, 0.25) is 5.95 Å². The Balaban J connectivity index is 0.000000412. The largest absolute Gasteiger partial charge is 0.481 e. The number of benzene rings is 1. The fourth-order valence-electron chi connectivity index (χ4n) is 4.18. The van der Waals surface area contributed by atoms with Crippen LogP contribution >= 0.6 is 0 Å². The second-order valence-corrected chi connectivity index (χ2v) is 9.51. The standard InChI is InChI=1S/C23H26N8.C4H6O2/c1-29-11-13-30(14-12-29)21-10-9-19(16-26-21)25-15-17-5-7-18(8-6-17)20-3-2-4-22-27-23(24)28-31(20)22;5-4(6)3-1-2-3/h2-10,16,25H,11-15H2,1H3,(H2,24,28);3H,1-2H2,(H,5,6). The van der Waals surface area contributed by atoms with E-state index < -0.39 is 5.97 Å². The van der Waals surface area contributed by atoms with E-state index in [1.165, 1.54) is 5.56 Å². The summed E-state index contributed by atoms with van der Waals surface area (Å²) >= 11 is 0. The molecule has 0 spiro atoms. The minimum atomic E-state index is -0.630. The van der Waals surface area contributed by atoms with Crippen LogP contribution in [0.5, 0.6) is 0 Å². The molecule has 4 N–H and O–H groups in total. The van der Waals surface area contributed by atoms with Crippen LogP contribution in [0, 0.1) is 5.92 Å². The SMILES string of the molecule is CN1CCN(c2ccc(NCc3ccc(-c4cccc5nc(N)nn45)cc3)cn2)CC1.O=C(O)C1CC1. The first-order chi connectivity index (χ1) is 18.0. The highest BCUT2D eigenvalue weighted by Crippen LogP contribution is 2.28. The zero-order chi connectivity index (χ0) is 25.8. The number of aromatic nitrogens is 4. The summed E-state index contributed by atoms with van der Waals surface area (Å²) in [5, 5.41) is 15.8. The molecule has 4 aromatic rings. The predicted molar refractivity (Wildman–Crippen MR) is 144 cm³/mol. The second kappa shape index (κ2) is 10.8. The topological polar surface area (TPSA) is 125 Å². The monoisotopic (exact) mass is 500 g/mol. The van der Waals surface area contributed by atoms with Crippen LogP contribution in [-0.2, 0) is 11.3 Å². The fourth-order valence-corrected chi connectivity index (χ4v) is 4.18. The molecule has 0 bridgehead atoms. The zero-order valence-corrected chi connectivity index (χ0v) is 20.9. The molecule has 10 heteroatoms. The van der Waals surface area contributed by atoms with E-state index in [4.69, 9.17) is 10.8 Å². The molecular weight excluding hydrogens is 468 g/mol. The lowest BCUT2D eigenvalue weighted by atomic mass is 10.1. The number of carboxylic acid groups (broad SMARTS) is 1. The van der Waals surface area contributed by atoms with Gasteiger partial charge in [0, 0.05) is 38.3 Å². The van der Waals surface area contributed by atoms with Crippen LogP contribution in [0.1, 0.15) is 18.4 Å². The van der Waals surface area contributed by atoms with Crippen molar-refractivity contribution in [2.75, 3.05) is 49.2 Å². The molecule has 10 nitrogen and oxygen atoms in total. The molecular formula is C27H32N8O2. The highest BCUT2D eigenvalue weighted by atomic mass is 16.4. The van der Waals surface area contributed by atoms with Crippen molar-refractivity contribution in [3.8, 4) is 11.3 Å². The van der Waals surface area contributed by atoms with Crippen LogP contribution in [0.15, 0.2) is 60.8 Å². The van der Waals surface area contributed by atoms with Crippen LogP contribution in [0.4, 0.5) is 17.5 Å². The van der Waals surface area contributed by atoms with E-state index in [2.05, 4.69) is 73.6 Å². The second-order valence-electron chi connectivity index (χ2n) is 9.51. The molecule has 1 aromatic carbocycles. The van der Waals surface area contributed by atoms with E-state index in [0.29, 0.717) is 0 Å². The lowest BCUT2D eigenvalue weighted by Gasteiger charge is -2.33. The number of carboxylic acids is 1. The lowest BCUT2D eigenvalue weighted by molar-refractivity contribution is -0.138. The van der Waals surface area contributed by atoms with E-state index in [1.807, 2.05) is 24.4 Å². The quantitative estimate of drug-likeness (QED) is 0.366. The molecule has 1 aliphatic carbocycles. The van der Waals surface area contributed by atoms with Crippen molar-refractivity contribution in [3.63, 3.8) is 0 Å². The number of hydrogen-bond acceptors (Lipinski definition) is 8. The molecule has 0 unspecified atom stereocenters. The first-order valence-electron chi connectivity index (χ1n) is 12.5. The number of likely N-dealkylation sites (N-methyl/N-ethyl adjacent to an activating group) is 1. The van der Waals surface area contributed by atoms with Gasteiger partial charge in [-0.1, -0.05) is 30.3 Å². The van der Waals surface area contributed by atoms with Gasteiger partial charge < -0.3 is 26.0 Å².